The van der Waals surface area contributed by atoms with Crippen LogP contribution in [0.15, 0.2) is 48.5 Å². The molecule has 1 fully saturated rings. The molecule has 1 aliphatic heterocycles. The van der Waals surface area contributed by atoms with E-state index in [-0.39, 0.29) is 24.1 Å². The highest BCUT2D eigenvalue weighted by molar-refractivity contribution is 5.94. The first-order chi connectivity index (χ1) is 12.1. The lowest BCUT2D eigenvalue weighted by Crippen LogP contribution is -2.27. The molecule has 0 spiro atoms. The minimum Gasteiger partial charge on any atom is -0.352 e. The Labute approximate surface area is 146 Å². The largest absolute Gasteiger partial charge is 0.352 e. The molecule has 0 radical (unpaired) electrons. The van der Waals surface area contributed by atoms with Gasteiger partial charge >= 0.3 is 0 Å². The lowest BCUT2D eigenvalue weighted by molar-refractivity contribution is -0.120. The Kier molecular flexibility index (Phi) is 5.43. The first kappa shape index (κ1) is 17.1. The van der Waals surface area contributed by atoms with Crippen molar-refractivity contribution in [2.45, 2.75) is 25.8 Å². The zero-order valence-corrected chi connectivity index (χ0v) is 14.0. The molecule has 0 unspecified atom stereocenters. The van der Waals surface area contributed by atoms with E-state index in [1.165, 1.54) is 6.07 Å². The number of likely N-dealkylation sites (tertiary alicyclic amines) is 1. The van der Waals surface area contributed by atoms with Crippen LogP contribution in [-0.4, -0.2) is 29.8 Å². The van der Waals surface area contributed by atoms with Crippen molar-refractivity contribution in [3.63, 3.8) is 0 Å². The summed E-state index contributed by atoms with van der Waals surface area (Å²) in [5.74, 6) is -0.544. The molecule has 0 aliphatic carbocycles. The lowest BCUT2D eigenvalue weighted by Gasteiger charge is -2.15. The molecule has 1 saturated heterocycles. The number of nitrogens with zero attached hydrogens (tertiary/aromatic N) is 1. The fraction of sp³-hybridized carbons (Fsp3) is 0.300. The average Bonchev–Trinajstić information content (AvgIpc) is 3.16. The Bertz CT molecular complexity index is 753. The summed E-state index contributed by atoms with van der Waals surface area (Å²) < 4.78 is 13.5. The molecule has 1 heterocycles. The van der Waals surface area contributed by atoms with Gasteiger partial charge in [-0.3, -0.25) is 9.59 Å². The van der Waals surface area contributed by atoms with Gasteiger partial charge in [-0.05, 0) is 42.2 Å². The van der Waals surface area contributed by atoms with Gasteiger partial charge in [-0.1, -0.05) is 30.3 Å². The van der Waals surface area contributed by atoms with Crippen molar-refractivity contribution in [2.24, 2.45) is 0 Å². The number of halogens is 1. The van der Waals surface area contributed by atoms with Gasteiger partial charge in [0, 0.05) is 25.2 Å². The van der Waals surface area contributed by atoms with E-state index >= 15 is 0 Å². The van der Waals surface area contributed by atoms with Gasteiger partial charge in [0.1, 0.15) is 5.82 Å². The van der Waals surface area contributed by atoms with Crippen molar-refractivity contribution in [2.75, 3.05) is 13.1 Å². The Morgan fingerprint density at radius 2 is 1.68 bits per heavy atom. The molecule has 2 aromatic carbocycles. The first-order valence-electron chi connectivity index (χ1n) is 8.52. The second-order valence-corrected chi connectivity index (χ2v) is 6.24. The van der Waals surface area contributed by atoms with Crippen molar-refractivity contribution < 1.29 is 14.0 Å². The van der Waals surface area contributed by atoms with Crippen LogP contribution in [0.2, 0.25) is 0 Å². The Morgan fingerprint density at radius 3 is 2.36 bits per heavy atom. The van der Waals surface area contributed by atoms with Crippen LogP contribution in [0.4, 0.5) is 4.39 Å². The minimum atomic E-state index is -0.373. The molecule has 2 amide bonds. The Balaban J connectivity index is 1.52. The number of nitrogens with one attached hydrogen (secondary N) is 1. The fourth-order valence-corrected chi connectivity index (χ4v) is 2.95. The van der Waals surface area contributed by atoms with E-state index in [1.807, 2.05) is 17.0 Å². The molecule has 1 N–H and O–H groups in total. The first-order valence-corrected chi connectivity index (χ1v) is 8.52. The zero-order valence-electron chi connectivity index (χ0n) is 14.0. The van der Waals surface area contributed by atoms with Crippen molar-refractivity contribution in [3.05, 3.63) is 71.0 Å². The highest BCUT2D eigenvalue weighted by Gasteiger charge is 2.19. The molecule has 0 saturated carbocycles. The second-order valence-electron chi connectivity index (χ2n) is 6.24. The van der Waals surface area contributed by atoms with Crippen LogP contribution in [0, 0.1) is 5.82 Å². The number of hydrogen-bond donors (Lipinski definition) is 1. The maximum Gasteiger partial charge on any atom is 0.253 e. The molecule has 2 aromatic rings. The maximum atomic E-state index is 13.5. The molecule has 4 nitrogen and oxygen atoms in total. The molecule has 130 valence electrons. The summed E-state index contributed by atoms with van der Waals surface area (Å²) in [7, 11) is 0. The Morgan fingerprint density at radius 1 is 1.00 bits per heavy atom. The molecule has 0 atom stereocenters. The molecular formula is C20H21FN2O2. The molecule has 5 heteroatoms. The summed E-state index contributed by atoms with van der Waals surface area (Å²) in [6.07, 6.45) is 2.15. The van der Waals surface area contributed by atoms with Gasteiger partial charge in [0.05, 0.1) is 6.42 Å². The van der Waals surface area contributed by atoms with E-state index in [1.54, 1.807) is 30.3 Å². The van der Waals surface area contributed by atoms with Crippen LogP contribution in [-0.2, 0) is 17.8 Å². The normalized spacial score (nSPS) is 13.7. The van der Waals surface area contributed by atoms with Gasteiger partial charge in [-0.2, -0.15) is 0 Å². The monoisotopic (exact) mass is 340 g/mol. The van der Waals surface area contributed by atoms with E-state index in [9.17, 15) is 14.0 Å². The number of benzene rings is 2. The minimum absolute atomic E-state index is 0.0121. The third-order valence-corrected chi connectivity index (χ3v) is 4.39. The predicted octanol–water partition coefficient (Wildman–Crippen LogP) is 2.92. The third kappa shape index (κ3) is 4.44. The van der Waals surface area contributed by atoms with E-state index in [0.29, 0.717) is 17.7 Å². The van der Waals surface area contributed by atoms with Gasteiger partial charge in [0.25, 0.3) is 5.91 Å². The lowest BCUT2D eigenvalue weighted by atomic mass is 10.1. The van der Waals surface area contributed by atoms with Gasteiger partial charge < -0.3 is 10.2 Å². The van der Waals surface area contributed by atoms with E-state index in [2.05, 4.69) is 5.32 Å². The van der Waals surface area contributed by atoms with Crippen LogP contribution in [0.1, 0.15) is 34.3 Å². The van der Waals surface area contributed by atoms with E-state index < -0.39 is 0 Å². The number of hydrogen-bond acceptors (Lipinski definition) is 2. The zero-order chi connectivity index (χ0) is 17.6. The quantitative estimate of drug-likeness (QED) is 0.910. The fourth-order valence-electron chi connectivity index (χ4n) is 2.95. The summed E-state index contributed by atoms with van der Waals surface area (Å²) in [5.41, 5.74) is 1.95. The molecule has 25 heavy (non-hydrogen) atoms. The Hall–Kier alpha value is -2.69. The number of amides is 2. The van der Waals surface area contributed by atoms with Crippen molar-refractivity contribution >= 4 is 11.8 Å². The topological polar surface area (TPSA) is 49.4 Å². The molecule has 3 rings (SSSR count). The van der Waals surface area contributed by atoms with Crippen molar-refractivity contribution in [1.82, 2.24) is 10.2 Å². The second kappa shape index (κ2) is 7.92. The number of rotatable bonds is 5. The average molecular weight is 340 g/mol. The van der Waals surface area contributed by atoms with Gasteiger partial charge in [0.2, 0.25) is 5.91 Å². The highest BCUT2D eigenvalue weighted by Crippen LogP contribution is 2.14. The molecule has 1 aliphatic rings. The summed E-state index contributed by atoms with van der Waals surface area (Å²) >= 11 is 0. The summed E-state index contributed by atoms with van der Waals surface area (Å²) in [5, 5.41) is 2.78. The molecule has 0 aromatic heterocycles. The predicted molar refractivity (Wildman–Crippen MR) is 93.5 cm³/mol. The summed E-state index contributed by atoms with van der Waals surface area (Å²) in [6.45, 7) is 2.00. The van der Waals surface area contributed by atoms with Gasteiger partial charge in [0.15, 0.2) is 0 Å². The standard InChI is InChI=1S/C20H21FN2O2/c21-18-6-2-1-5-17(18)13-19(24)22-14-15-7-9-16(10-8-15)20(25)23-11-3-4-12-23/h1-2,5-10H,3-4,11-14H2,(H,22,24). The summed E-state index contributed by atoms with van der Waals surface area (Å²) in [6, 6.07) is 13.5. The van der Waals surface area contributed by atoms with Crippen molar-refractivity contribution in [3.8, 4) is 0 Å². The van der Waals surface area contributed by atoms with Crippen LogP contribution in [0.5, 0.6) is 0 Å². The number of carbonyl (C=O) groups excluding carboxylic acids is 2. The summed E-state index contributed by atoms with van der Waals surface area (Å²) in [4.78, 5) is 26.1. The van der Waals surface area contributed by atoms with Gasteiger partial charge in [-0.15, -0.1) is 0 Å². The smallest absolute Gasteiger partial charge is 0.253 e. The van der Waals surface area contributed by atoms with Crippen LogP contribution in [0.25, 0.3) is 0 Å². The molecular weight excluding hydrogens is 319 g/mol. The van der Waals surface area contributed by atoms with Gasteiger partial charge in [-0.25, -0.2) is 4.39 Å². The molecule has 0 bridgehead atoms. The number of carbonyl (C=O) groups is 2. The van der Waals surface area contributed by atoms with Crippen LogP contribution >= 0.6 is 0 Å². The van der Waals surface area contributed by atoms with E-state index in [0.717, 1.165) is 31.5 Å². The SMILES string of the molecule is O=C(Cc1ccccc1F)NCc1ccc(C(=O)N2CCCC2)cc1. The van der Waals surface area contributed by atoms with Crippen LogP contribution in [0.3, 0.4) is 0 Å². The third-order valence-electron chi connectivity index (χ3n) is 4.39. The van der Waals surface area contributed by atoms with Crippen molar-refractivity contribution in [1.29, 1.82) is 0 Å². The maximum absolute atomic E-state index is 13.5. The van der Waals surface area contributed by atoms with Crippen LogP contribution < -0.4 is 5.32 Å². The van der Waals surface area contributed by atoms with E-state index in [4.69, 9.17) is 0 Å². The highest BCUT2D eigenvalue weighted by atomic mass is 19.1.